The van der Waals surface area contributed by atoms with E-state index >= 15 is 0 Å². The van der Waals surface area contributed by atoms with Gasteiger partial charge < -0.3 is 15.7 Å². The normalized spacial score (nSPS) is 10.7. The summed E-state index contributed by atoms with van der Waals surface area (Å²) in [4.78, 5) is 2.21. The lowest BCUT2D eigenvalue weighted by Crippen LogP contribution is -2.32. The Morgan fingerprint density at radius 1 is 1.50 bits per heavy atom. The van der Waals surface area contributed by atoms with Gasteiger partial charge in [-0.15, -0.1) is 0 Å². The predicted molar refractivity (Wildman–Crippen MR) is 79.3 cm³/mol. The topological polar surface area (TPSA) is 73.3 Å². The molecule has 0 bridgehead atoms. The third-order valence-electron chi connectivity index (χ3n) is 2.75. The lowest BCUT2D eigenvalue weighted by molar-refractivity contribution is 0.288. The van der Waals surface area contributed by atoms with Crippen molar-refractivity contribution in [3.05, 3.63) is 28.2 Å². The van der Waals surface area contributed by atoms with Crippen LogP contribution in [-0.4, -0.2) is 30.1 Å². The average molecular weight is 314 g/mol. The fourth-order valence-electron chi connectivity index (χ4n) is 1.81. The maximum atomic E-state index is 8.95. The molecule has 1 aromatic rings. The number of hydrogen-bond donors (Lipinski definition) is 3. The van der Waals surface area contributed by atoms with Gasteiger partial charge in [0.05, 0.1) is 5.69 Å². The molecule has 1 aromatic carbocycles. The number of aliphatic hydroxyl groups excluding tert-OH is 1. The van der Waals surface area contributed by atoms with Gasteiger partial charge in [0.25, 0.3) is 0 Å². The number of rotatable bonds is 6. The standard InChI is InChI=1S/C13H20BrN3O/c1-9(2)17(6-3-7-18)12-5-4-10(13(15)16)8-11(12)14/h4-5,8-9,18H,3,6-7H2,1-2H3,(H3,15,16). The van der Waals surface area contributed by atoms with E-state index in [-0.39, 0.29) is 12.4 Å². The van der Waals surface area contributed by atoms with E-state index in [2.05, 4.69) is 34.7 Å². The number of nitrogens with one attached hydrogen (secondary N) is 1. The quantitative estimate of drug-likeness (QED) is 0.557. The molecule has 0 aromatic heterocycles. The summed E-state index contributed by atoms with van der Waals surface area (Å²) in [5, 5.41) is 16.4. The Hall–Kier alpha value is -1.07. The van der Waals surface area contributed by atoms with E-state index < -0.39 is 0 Å². The molecule has 0 aliphatic carbocycles. The predicted octanol–water partition coefficient (Wildman–Crippen LogP) is 2.33. The van der Waals surface area contributed by atoms with Crippen LogP contribution in [0.3, 0.4) is 0 Å². The third kappa shape index (κ3) is 3.71. The number of aliphatic hydroxyl groups is 1. The lowest BCUT2D eigenvalue weighted by atomic mass is 10.1. The molecule has 0 heterocycles. The molecule has 0 aliphatic rings. The van der Waals surface area contributed by atoms with Gasteiger partial charge in [0.15, 0.2) is 0 Å². The van der Waals surface area contributed by atoms with Crippen LogP contribution in [0.2, 0.25) is 0 Å². The highest BCUT2D eigenvalue weighted by atomic mass is 79.9. The van der Waals surface area contributed by atoms with Crippen molar-refractivity contribution in [2.24, 2.45) is 5.73 Å². The van der Waals surface area contributed by atoms with Crippen molar-refractivity contribution in [2.75, 3.05) is 18.1 Å². The third-order valence-corrected chi connectivity index (χ3v) is 3.38. The smallest absolute Gasteiger partial charge is 0.122 e. The molecular weight excluding hydrogens is 294 g/mol. The van der Waals surface area contributed by atoms with Gasteiger partial charge in [0.1, 0.15) is 5.84 Å². The average Bonchev–Trinajstić information content (AvgIpc) is 2.30. The van der Waals surface area contributed by atoms with E-state index in [0.29, 0.717) is 11.6 Å². The summed E-state index contributed by atoms with van der Waals surface area (Å²) in [6.07, 6.45) is 0.735. The van der Waals surface area contributed by atoms with E-state index in [4.69, 9.17) is 16.2 Å². The lowest BCUT2D eigenvalue weighted by Gasteiger charge is -2.30. The van der Waals surface area contributed by atoms with Gasteiger partial charge in [0, 0.05) is 29.2 Å². The Morgan fingerprint density at radius 3 is 2.61 bits per heavy atom. The molecular formula is C13H20BrN3O. The maximum Gasteiger partial charge on any atom is 0.122 e. The highest BCUT2D eigenvalue weighted by molar-refractivity contribution is 9.10. The van der Waals surface area contributed by atoms with Crippen molar-refractivity contribution < 1.29 is 5.11 Å². The van der Waals surface area contributed by atoms with Crippen LogP contribution in [0.1, 0.15) is 25.8 Å². The largest absolute Gasteiger partial charge is 0.396 e. The summed E-state index contributed by atoms with van der Waals surface area (Å²) < 4.78 is 0.918. The second-order valence-corrected chi connectivity index (χ2v) is 5.30. The fourth-order valence-corrected chi connectivity index (χ4v) is 2.41. The molecule has 0 spiro atoms. The first-order valence-electron chi connectivity index (χ1n) is 5.98. The van der Waals surface area contributed by atoms with Crippen LogP contribution < -0.4 is 10.6 Å². The second-order valence-electron chi connectivity index (χ2n) is 4.44. The summed E-state index contributed by atoms with van der Waals surface area (Å²) >= 11 is 3.52. The highest BCUT2D eigenvalue weighted by Gasteiger charge is 2.14. The Balaban J connectivity index is 3.01. The number of nitrogens with two attached hydrogens (primary N) is 1. The van der Waals surface area contributed by atoms with Crippen molar-refractivity contribution in [3.8, 4) is 0 Å². The molecule has 18 heavy (non-hydrogen) atoms. The van der Waals surface area contributed by atoms with Crippen molar-refractivity contribution >= 4 is 27.5 Å². The van der Waals surface area contributed by atoms with Gasteiger partial charge in [-0.05, 0) is 54.4 Å². The number of nitrogen functional groups attached to an aromatic ring is 1. The zero-order chi connectivity index (χ0) is 13.7. The first kappa shape index (κ1) is 15.0. The van der Waals surface area contributed by atoms with Gasteiger partial charge in [0.2, 0.25) is 0 Å². The first-order chi connectivity index (χ1) is 8.47. The first-order valence-corrected chi connectivity index (χ1v) is 6.78. The Morgan fingerprint density at radius 2 is 2.17 bits per heavy atom. The summed E-state index contributed by atoms with van der Waals surface area (Å²) in [5.41, 5.74) is 7.23. The summed E-state index contributed by atoms with van der Waals surface area (Å²) in [6.45, 7) is 5.21. The molecule has 4 nitrogen and oxygen atoms in total. The number of anilines is 1. The van der Waals surface area contributed by atoms with Crippen molar-refractivity contribution in [3.63, 3.8) is 0 Å². The SMILES string of the molecule is CC(C)N(CCCO)c1ccc(C(=N)N)cc1Br. The number of hydrogen-bond acceptors (Lipinski definition) is 3. The zero-order valence-electron chi connectivity index (χ0n) is 10.8. The van der Waals surface area contributed by atoms with Crippen molar-refractivity contribution in [2.45, 2.75) is 26.3 Å². The molecule has 0 saturated carbocycles. The number of nitrogens with zero attached hydrogens (tertiary/aromatic N) is 1. The van der Waals surface area contributed by atoms with Gasteiger partial charge in [-0.25, -0.2) is 0 Å². The van der Waals surface area contributed by atoms with E-state index in [1.54, 1.807) is 0 Å². The van der Waals surface area contributed by atoms with Gasteiger partial charge in [-0.3, -0.25) is 5.41 Å². The Bertz CT molecular complexity index is 421. The van der Waals surface area contributed by atoms with E-state index in [1.165, 1.54) is 0 Å². The summed E-state index contributed by atoms with van der Waals surface area (Å²) in [6, 6.07) is 6.00. The van der Waals surface area contributed by atoms with Crippen molar-refractivity contribution in [1.29, 1.82) is 5.41 Å². The minimum Gasteiger partial charge on any atom is -0.396 e. The van der Waals surface area contributed by atoms with Crippen LogP contribution in [0.15, 0.2) is 22.7 Å². The van der Waals surface area contributed by atoms with Crippen LogP contribution in [0.4, 0.5) is 5.69 Å². The van der Waals surface area contributed by atoms with Crippen LogP contribution in [0, 0.1) is 5.41 Å². The molecule has 1 rings (SSSR count). The van der Waals surface area contributed by atoms with Gasteiger partial charge >= 0.3 is 0 Å². The van der Waals surface area contributed by atoms with E-state index in [9.17, 15) is 0 Å². The van der Waals surface area contributed by atoms with Crippen LogP contribution >= 0.6 is 15.9 Å². The molecule has 100 valence electrons. The molecule has 0 radical (unpaired) electrons. The van der Waals surface area contributed by atoms with Gasteiger partial charge in [-0.2, -0.15) is 0 Å². The maximum absolute atomic E-state index is 8.95. The number of halogens is 1. The number of amidine groups is 1. The monoisotopic (exact) mass is 313 g/mol. The fraction of sp³-hybridized carbons (Fsp3) is 0.462. The summed E-state index contributed by atoms with van der Waals surface area (Å²) in [5.74, 6) is 0.0636. The zero-order valence-corrected chi connectivity index (χ0v) is 12.4. The number of benzene rings is 1. The van der Waals surface area contributed by atoms with Crippen LogP contribution in [0.25, 0.3) is 0 Å². The Kier molecular flexibility index (Phi) is 5.62. The van der Waals surface area contributed by atoms with Crippen LogP contribution in [-0.2, 0) is 0 Å². The molecule has 0 unspecified atom stereocenters. The Labute approximate surface area is 116 Å². The van der Waals surface area contributed by atoms with Gasteiger partial charge in [-0.1, -0.05) is 0 Å². The molecule has 4 N–H and O–H groups in total. The second kappa shape index (κ2) is 6.75. The minimum atomic E-state index is 0.0636. The molecule has 5 heteroatoms. The summed E-state index contributed by atoms with van der Waals surface area (Å²) in [7, 11) is 0. The minimum absolute atomic E-state index is 0.0636. The van der Waals surface area contributed by atoms with E-state index in [0.717, 1.165) is 23.1 Å². The molecule has 0 saturated heterocycles. The van der Waals surface area contributed by atoms with Crippen molar-refractivity contribution in [1.82, 2.24) is 0 Å². The highest BCUT2D eigenvalue weighted by Crippen LogP contribution is 2.29. The molecule has 0 amide bonds. The molecule has 0 fully saturated rings. The van der Waals surface area contributed by atoms with E-state index in [1.807, 2.05) is 18.2 Å². The van der Waals surface area contributed by atoms with Crippen LogP contribution in [0.5, 0.6) is 0 Å². The molecule has 0 aliphatic heterocycles. The molecule has 0 atom stereocenters.